The minimum Gasteiger partial charge on any atom is -0.462 e. The van der Waals surface area contributed by atoms with Crippen LogP contribution in [0.3, 0.4) is 0 Å². The van der Waals surface area contributed by atoms with Crippen LogP contribution in [0.2, 0.25) is 0 Å². The van der Waals surface area contributed by atoms with Gasteiger partial charge in [-0.1, -0.05) is 282 Å². The van der Waals surface area contributed by atoms with Crippen LogP contribution in [0.4, 0.5) is 0 Å². The number of unbranched alkanes of at least 4 members (excludes halogenated alkanes) is 36. The smallest absolute Gasteiger partial charge is 0.306 e. The summed E-state index contributed by atoms with van der Waals surface area (Å²) in [7, 11) is 0. The molecule has 382 valence electrons. The minimum absolute atomic E-state index is 0.0683. The first-order valence-corrected chi connectivity index (χ1v) is 28.7. The van der Waals surface area contributed by atoms with Gasteiger partial charge >= 0.3 is 5.97 Å². The molecule has 0 saturated carbocycles. The van der Waals surface area contributed by atoms with Crippen LogP contribution >= 0.6 is 0 Å². The number of aliphatic hydroxyl groups is 2. The molecule has 0 aliphatic rings. The predicted molar refractivity (Wildman–Crippen MR) is 282 cm³/mol. The van der Waals surface area contributed by atoms with E-state index in [1.807, 2.05) is 0 Å². The van der Waals surface area contributed by atoms with Crippen molar-refractivity contribution in [1.29, 1.82) is 0 Å². The number of allylic oxidation sites excluding steroid dienone is 6. The number of ether oxygens (including phenoxy) is 1. The first kappa shape index (κ1) is 63.1. The molecule has 0 bridgehead atoms. The lowest BCUT2D eigenvalue weighted by atomic mass is 10.0. The fourth-order valence-corrected chi connectivity index (χ4v) is 8.96. The van der Waals surface area contributed by atoms with Gasteiger partial charge in [0.25, 0.3) is 0 Å². The van der Waals surface area contributed by atoms with Gasteiger partial charge in [0.05, 0.1) is 25.2 Å². The Balaban J connectivity index is 4.49. The third-order valence-corrected chi connectivity index (χ3v) is 13.3. The zero-order valence-electron chi connectivity index (χ0n) is 43.6. The first-order valence-electron chi connectivity index (χ1n) is 28.7. The summed E-state index contributed by atoms with van der Waals surface area (Å²) in [5.74, 6) is -0.478. The largest absolute Gasteiger partial charge is 0.462 e. The highest BCUT2D eigenvalue weighted by atomic mass is 16.5. The van der Waals surface area contributed by atoms with E-state index in [9.17, 15) is 19.8 Å². The van der Waals surface area contributed by atoms with E-state index in [0.717, 1.165) is 77.0 Å². The molecule has 0 aliphatic carbocycles. The first-order chi connectivity index (χ1) is 32.0. The minimum atomic E-state index is -0.792. The van der Waals surface area contributed by atoms with Crippen LogP contribution in [0.25, 0.3) is 0 Å². The molecule has 0 aromatic heterocycles. The number of rotatable bonds is 52. The fraction of sp³-hybridized carbons (Fsp3) is 0.864. The zero-order chi connectivity index (χ0) is 47.4. The normalized spacial score (nSPS) is 13.4. The van der Waals surface area contributed by atoms with E-state index in [2.05, 4.69) is 62.5 Å². The summed E-state index contributed by atoms with van der Waals surface area (Å²) in [6, 6.07) is -0.706. The number of carbonyl (C=O) groups excluding carboxylic acids is 2. The molecule has 0 heterocycles. The number of amides is 1. The van der Waals surface area contributed by atoms with E-state index in [1.54, 1.807) is 0 Å². The van der Waals surface area contributed by atoms with Crippen LogP contribution in [0.15, 0.2) is 36.5 Å². The van der Waals surface area contributed by atoms with Crippen molar-refractivity contribution >= 4 is 11.9 Å². The van der Waals surface area contributed by atoms with Gasteiger partial charge in [0.2, 0.25) is 5.91 Å². The van der Waals surface area contributed by atoms with Gasteiger partial charge in [-0.05, 0) is 44.9 Å². The van der Waals surface area contributed by atoms with E-state index in [-0.39, 0.29) is 24.9 Å². The van der Waals surface area contributed by atoms with Crippen LogP contribution in [0.5, 0.6) is 0 Å². The van der Waals surface area contributed by atoms with E-state index in [1.165, 1.54) is 180 Å². The van der Waals surface area contributed by atoms with Crippen LogP contribution in [0.1, 0.15) is 303 Å². The second kappa shape index (κ2) is 53.0. The molecule has 0 aliphatic heterocycles. The van der Waals surface area contributed by atoms with Crippen molar-refractivity contribution in [2.24, 2.45) is 0 Å². The Hall–Kier alpha value is -1.92. The highest BCUT2D eigenvalue weighted by Gasteiger charge is 2.24. The molecular weight excluding hydrogens is 803 g/mol. The summed E-state index contributed by atoms with van der Waals surface area (Å²) in [6.07, 6.45) is 63.6. The lowest BCUT2D eigenvalue weighted by Crippen LogP contribution is -2.46. The SMILES string of the molecule is CC/C=C/C=C/C=C/CCCCCCCC(CC(=O)NC(CO)C(O)CCCCCCCCCCCCCCCCCCC)OC(=O)CCCCCCCCCCCCCCCCCC. The Morgan fingerprint density at radius 2 is 0.831 bits per heavy atom. The van der Waals surface area contributed by atoms with Gasteiger partial charge < -0.3 is 20.3 Å². The van der Waals surface area contributed by atoms with Crippen LogP contribution in [-0.4, -0.2) is 46.9 Å². The monoisotopic (exact) mass is 914 g/mol. The summed E-state index contributed by atoms with van der Waals surface area (Å²) in [4.78, 5) is 26.2. The van der Waals surface area contributed by atoms with Crippen molar-refractivity contribution in [3.63, 3.8) is 0 Å². The van der Waals surface area contributed by atoms with Crippen molar-refractivity contribution in [1.82, 2.24) is 5.32 Å². The molecule has 3 unspecified atom stereocenters. The van der Waals surface area contributed by atoms with Gasteiger partial charge in [-0.3, -0.25) is 9.59 Å². The maximum absolute atomic E-state index is 13.3. The molecule has 65 heavy (non-hydrogen) atoms. The van der Waals surface area contributed by atoms with Gasteiger partial charge in [-0.2, -0.15) is 0 Å². The quantitative estimate of drug-likeness (QED) is 0.0321. The molecule has 0 radical (unpaired) electrons. The van der Waals surface area contributed by atoms with Crippen LogP contribution in [-0.2, 0) is 14.3 Å². The number of nitrogens with one attached hydrogen (secondary N) is 1. The number of esters is 1. The third kappa shape index (κ3) is 48.3. The topological polar surface area (TPSA) is 95.9 Å². The van der Waals surface area contributed by atoms with Crippen LogP contribution < -0.4 is 5.32 Å². The van der Waals surface area contributed by atoms with E-state index < -0.39 is 18.2 Å². The van der Waals surface area contributed by atoms with E-state index in [0.29, 0.717) is 19.3 Å². The summed E-state index contributed by atoms with van der Waals surface area (Å²) in [5, 5.41) is 23.9. The standard InChI is InChI=1S/C59H111NO5/c1-4-7-10-13-16-19-22-25-27-29-30-33-36-39-42-45-48-51-57(62)56(54-61)60-58(63)53-55(50-47-44-41-38-35-32-24-21-18-15-12-9-6-3)65-59(64)52-49-46-43-40-37-34-31-28-26-23-20-17-14-11-8-5-2/h9,12,15,18,21,24,55-57,61-62H,4-8,10-11,13-14,16-17,19-20,22-23,25-54H2,1-3H3,(H,60,63)/b12-9+,18-15+,24-21+. The lowest BCUT2D eigenvalue weighted by molar-refractivity contribution is -0.151. The average Bonchev–Trinajstić information content (AvgIpc) is 3.30. The molecule has 1 amide bonds. The van der Waals surface area contributed by atoms with Gasteiger partial charge in [0.15, 0.2) is 0 Å². The van der Waals surface area contributed by atoms with E-state index >= 15 is 0 Å². The summed E-state index contributed by atoms with van der Waals surface area (Å²) < 4.78 is 5.95. The van der Waals surface area contributed by atoms with Crippen molar-refractivity contribution in [3.8, 4) is 0 Å². The molecular formula is C59H111NO5. The molecule has 0 fully saturated rings. The Bertz CT molecular complexity index is 1070. The maximum Gasteiger partial charge on any atom is 0.306 e. The molecule has 3 atom stereocenters. The van der Waals surface area contributed by atoms with Gasteiger partial charge in [0, 0.05) is 6.42 Å². The second-order valence-corrected chi connectivity index (χ2v) is 19.7. The Labute approximate surface area is 404 Å². The Kier molecular flexibility index (Phi) is 51.5. The van der Waals surface area contributed by atoms with Crippen molar-refractivity contribution in [2.45, 2.75) is 322 Å². The number of hydrogen-bond acceptors (Lipinski definition) is 5. The molecule has 3 N–H and O–H groups in total. The third-order valence-electron chi connectivity index (χ3n) is 13.3. The Morgan fingerprint density at radius 1 is 0.462 bits per heavy atom. The average molecular weight is 915 g/mol. The summed E-state index contributed by atoms with van der Waals surface area (Å²) in [5.41, 5.74) is 0. The highest BCUT2D eigenvalue weighted by molar-refractivity contribution is 5.77. The van der Waals surface area contributed by atoms with Crippen molar-refractivity contribution in [3.05, 3.63) is 36.5 Å². The van der Waals surface area contributed by atoms with Crippen molar-refractivity contribution < 1.29 is 24.5 Å². The molecule has 0 spiro atoms. The molecule has 6 nitrogen and oxygen atoms in total. The molecule has 0 aromatic rings. The molecule has 6 heteroatoms. The van der Waals surface area contributed by atoms with Crippen LogP contribution in [0, 0.1) is 0 Å². The molecule has 0 rings (SSSR count). The number of carbonyl (C=O) groups is 2. The summed E-state index contributed by atoms with van der Waals surface area (Å²) in [6.45, 7) is 6.39. The summed E-state index contributed by atoms with van der Waals surface area (Å²) >= 11 is 0. The predicted octanol–water partition coefficient (Wildman–Crippen LogP) is 17.6. The van der Waals surface area contributed by atoms with Gasteiger partial charge in [-0.25, -0.2) is 0 Å². The van der Waals surface area contributed by atoms with Gasteiger partial charge in [0.1, 0.15) is 6.10 Å². The molecule has 0 aromatic carbocycles. The molecule has 0 saturated heterocycles. The van der Waals surface area contributed by atoms with Gasteiger partial charge in [-0.15, -0.1) is 0 Å². The maximum atomic E-state index is 13.3. The lowest BCUT2D eigenvalue weighted by Gasteiger charge is -2.24. The van der Waals surface area contributed by atoms with E-state index in [4.69, 9.17) is 4.74 Å². The van der Waals surface area contributed by atoms with Crippen molar-refractivity contribution in [2.75, 3.05) is 6.61 Å². The fourth-order valence-electron chi connectivity index (χ4n) is 8.96. The highest BCUT2D eigenvalue weighted by Crippen LogP contribution is 2.19. The number of hydrogen-bond donors (Lipinski definition) is 3. The second-order valence-electron chi connectivity index (χ2n) is 19.7. The Morgan fingerprint density at radius 3 is 1.25 bits per heavy atom. The zero-order valence-corrected chi connectivity index (χ0v) is 43.6. The number of aliphatic hydroxyl groups excluding tert-OH is 2.